The van der Waals surface area contributed by atoms with E-state index in [4.69, 9.17) is 0 Å². The first-order chi connectivity index (χ1) is 15.8. The first-order valence-electron chi connectivity index (χ1n) is 10.4. The van der Waals surface area contributed by atoms with Crippen LogP contribution >= 0.6 is 11.8 Å². The van der Waals surface area contributed by atoms with E-state index < -0.39 is 17.6 Å². The van der Waals surface area contributed by atoms with E-state index >= 15 is 0 Å². The van der Waals surface area contributed by atoms with E-state index in [-0.39, 0.29) is 16.8 Å². The average Bonchev–Trinajstić information content (AvgIpc) is 3.20. The molecule has 8 heteroatoms. The third-order valence-electron chi connectivity index (χ3n) is 5.40. The van der Waals surface area contributed by atoms with Gasteiger partial charge in [-0.25, -0.2) is 0 Å². The van der Waals surface area contributed by atoms with Crippen LogP contribution in [0.15, 0.2) is 72.8 Å². The molecule has 0 radical (unpaired) electrons. The third kappa shape index (κ3) is 5.06. The number of alkyl halides is 3. The van der Waals surface area contributed by atoms with Gasteiger partial charge in [-0.15, -0.1) is 11.8 Å². The molecule has 33 heavy (non-hydrogen) atoms. The predicted octanol–water partition coefficient (Wildman–Crippen LogP) is 6.30. The van der Waals surface area contributed by atoms with Crippen LogP contribution < -0.4 is 10.2 Å². The fourth-order valence-electron chi connectivity index (χ4n) is 3.61. The van der Waals surface area contributed by atoms with Crippen molar-refractivity contribution in [3.05, 3.63) is 95.1 Å². The Kier molecular flexibility index (Phi) is 6.47. The Labute approximate surface area is 193 Å². The molecule has 1 aliphatic heterocycles. The molecular formula is C25H21F3N2O2S. The fraction of sp³-hybridized carbons (Fsp3) is 0.200. The smallest absolute Gasteiger partial charge is 0.322 e. The summed E-state index contributed by atoms with van der Waals surface area (Å²) in [5.41, 5.74) is 2.41. The summed E-state index contributed by atoms with van der Waals surface area (Å²) >= 11 is 1.52. The minimum Gasteiger partial charge on any atom is -0.322 e. The van der Waals surface area contributed by atoms with Crippen LogP contribution in [-0.4, -0.2) is 17.6 Å². The van der Waals surface area contributed by atoms with Crippen LogP contribution in [0.5, 0.6) is 0 Å². The summed E-state index contributed by atoms with van der Waals surface area (Å²) in [4.78, 5) is 26.7. The molecule has 0 aromatic heterocycles. The number of anilines is 2. The molecule has 0 unspecified atom stereocenters. The highest BCUT2D eigenvalue weighted by atomic mass is 32.2. The summed E-state index contributed by atoms with van der Waals surface area (Å²) in [5, 5.41) is 2.43. The molecular weight excluding hydrogens is 449 g/mol. The van der Waals surface area contributed by atoms with Crippen molar-refractivity contribution in [2.24, 2.45) is 0 Å². The molecule has 1 saturated heterocycles. The van der Waals surface area contributed by atoms with Crippen LogP contribution in [0.1, 0.15) is 39.3 Å². The second kappa shape index (κ2) is 9.31. The lowest BCUT2D eigenvalue weighted by molar-refractivity contribution is -0.137. The molecule has 0 aliphatic carbocycles. The van der Waals surface area contributed by atoms with Crippen LogP contribution in [0.3, 0.4) is 0 Å². The molecule has 0 saturated carbocycles. The number of halogens is 3. The zero-order chi connectivity index (χ0) is 23.6. The lowest BCUT2D eigenvalue weighted by Gasteiger charge is -2.24. The molecule has 3 aromatic carbocycles. The van der Waals surface area contributed by atoms with E-state index in [0.717, 1.165) is 29.8 Å². The highest BCUT2D eigenvalue weighted by Gasteiger charge is 2.34. The van der Waals surface area contributed by atoms with Gasteiger partial charge in [0.15, 0.2) is 0 Å². The first-order valence-corrected chi connectivity index (χ1v) is 11.4. The van der Waals surface area contributed by atoms with Gasteiger partial charge in [0.05, 0.1) is 11.3 Å². The van der Waals surface area contributed by atoms with E-state index in [1.807, 2.05) is 36.4 Å². The molecule has 170 valence electrons. The Morgan fingerprint density at radius 1 is 1.06 bits per heavy atom. The molecule has 1 aliphatic rings. The van der Waals surface area contributed by atoms with E-state index in [9.17, 15) is 22.8 Å². The highest BCUT2D eigenvalue weighted by Crippen LogP contribution is 2.42. The van der Waals surface area contributed by atoms with Gasteiger partial charge in [0.1, 0.15) is 5.37 Å². The van der Waals surface area contributed by atoms with Gasteiger partial charge in [-0.2, -0.15) is 13.2 Å². The summed E-state index contributed by atoms with van der Waals surface area (Å²) in [5.74, 6) is -0.234. The number of aryl methyl sites for hydroxylation is 1. The van der Waals surface area contributed by atoms with Gasteiger partial charge in [0.25, 0.3) is 5.91 Å². The molecule has 4 rings (SSSR count). The van der Waals surface area contributed by atoms with Crippen molar-refractivity contribution in [2.75, 3.05) is 16.0 Å². The molecule has 3 aromatic rings. The van der Waals surface area contributed by atoms with Gasteiger partial charge in [-0.1, -0.05) is 37.3 Å². The molecule has 2 amide bonds. The van der Waals surface area contributed by atoms with Gasteiger partial charge in [-0.05, 0) is 60.0 Å². The standard InChI is InChI=1S/C25H21F3N2O2S/c1-2-16-6-12-21(13-7-16)30-22(31)15-33-24(30)17-8-10-20(11-9-17)29-23(32)18-4-3-5-19(14-18)25(26,27)28/h3-14,24H,2,15H2,1H3,(H,29,32)/t24-/m0/s1. The average molecular weight is 471 g/mol. The van der Waals surface area contributed by atoms with Gasteiger partial charge < -0.3 is 5.32 Å². The van der Waals surface area contributed by atoms with E-state index in [0.29, 0.717) is 11.4 Å². The van der Waals surface area contributed by atoms with Crippen molar-refractivity contribution in [3.63, 3.8) is 0 Å². The predicted molar refractivity (Wildman–Crippen MR) is 124 cm³/mol. The zero-order valence-electron chi connectivity index (χ0n) is 17.7. The SMILES string of the molecule is CCc1ccc(N2C(=O)CS[C@H]2c2ccc(NC(=O)c3cccc(C(F)(F)F)c3)cc2)cc1. The Bertz CT molecular complexity index is 1160. The maximum atomic E-state index is 12.9. The van der Waals surface area contributed by atoms with Crippen molar-refractivity contribution < 1.29 is 22.8 Å². The fourth-order valence-corrected chi connectivity index (χ4v) is 4.79. The number of hydrogen-bond donors (Lipinski definition) is 1. The zero-order valence-corrected chi connectivity index (χ0v) is 18.5. The monoisotopic (exact) mass is 470 g/mol. The largest absolute Gasteiger partial charge is 0.416 e. The van der Waals surface area contributed by atoms with Crippen LogP contribution in [0.2, 0.25) is 0 Å². The van der Waals surface area contributed by atoms with Crippen molar-refractivity contribution in [1.29, 1.82) is 0 Å². The number of nitrogens with one attached hydrogen (secondary N) is 1. The molecule has 0 bridgehead atoms. The number of amides is 2. The molecule has 0 spiro atoms. The molecule has 1 heterocycles. The van der Waals surface area contributed by atoms with Gasteiger partial charge in [-0.3, -0.25) is 14.5 Å². The van der Waals surface area contributed by atoms with Gasteiger partial charge >= 0.3 is 6.18 Å². The Morgan fingerprint density at radius 2 is 1.76 bits per heavy atom. The summed E-state index contributed by atoms with van der Waals surface area (Å²) in [6, 6.07) is 19.2. The van der Waals surface area contributed by atoms with Crippen LogP contribution in [0.4, 0.5) is 24.5 Å². The quantitative estimate of drug-likeness (QED) is 0.476. The summed E-state index contributed by atoms with van der Waals surface area (Å²) in [7, 11) is 0. The van der Waals surface area contributed by atoms with Crippen molar-refractivity contribution in [1.82, 2.24) is 0 Å². The number of benzene rings is 3. The maximum Gasteiger partial charge on any atom is 0.416 e. The maximum absolute atomic E-state index is 12.9. The molecule has 4 nitrogen and oxygen atoms in total. The Morgan fingerprint density at radius 3 is 2.39 bits per heavy atom. The van der Waals surface area contributed by atoms with Gasteiger partial charge in [0, 0.05) is 16.9 Å². The first kappa shape index (κ1) is 22.9. The number of nitrogens with zero attached hydrogens (tertiary/aromatic N) is 1. The van der Waals surface area contributed by atoms with Crippen LogP contribution in [0, 0.1) is 0 Å². The summed E-state index contributed by atoms with van der Waals surface area (Å²) in [6.07, 6.45) is -3.60. The summed E-state index contributed by atoms with van der Waals surface area (Å²) < 4.78 is 38.7. The minimum absolute atomic E-state index is 0.0242. The molecule has 1 atom stereocenters. The second-order valence-corrected chi connectivity index (χ2v) is 8.67. The lowest BCUT2D eigenvalue weighted by Crippen LogP contribution is -2.27. The van der Waals surface area contributed by atoms with E-state index in [2.05, 4.69) is 12.2 Å². The van der Waals surface area contributed by atoms with Crippen molar-refractivity contribution >= 4 is 35.0 Å². The van der Waals surface area contributed by atoms with Gasteiger partial charge in [0.2, 0.25) is 5.91 Å². The lowest BCUT2D eigenvalue weighted by atomic mass is 10.1. The summed E-state index contributed by atoms with van der Waals surface area (Å²) in [6.45, 7) is 2.07. The minimum atomic E-state index is -4.52. The number of thioether (sulfide) groups is 1. The van der Waals surface area contributed by atoms with Crippen LogP contribution in [-0.2, 0) is 17.4 Å². The van der Waals surface area contributed by atoms with Crippen molar-refractivity contribution in [3.8, 4) is 0 Å². The topological polar surface area (TPSA) is 49.4 Å². The Hall–Kier alpha value is -3.26. The highest BCUT2D eigenvalue weighted by molar-refractivity contribution is 8.00. The van der Waals surface area contributed by atoms with Crippen LogP contribution in [0.25, 0.3) is 0 Å². The Balaban J connectivity index is 1.49. The number of carbonyl (C=O) groups is 2. The molecule has 1 N–H and O–H groups in total. The molecule has 1 fully saturated rings. The number of carbonyl (C=O) groups excluding carboxylic acids is 2. The van der Waals surface area contributed by atoms with E-state index in [1.54, 1.807) is 17.0 Å². The van der Waals surface area contributed by atoms with Crippen molar-refractivity contribution in [2.45, 2.75) is 24.9 Å². The number of hydrogen-bond acceptors (Lipinski definition) is 3. The third-order valence-corrected chi connectivity index (χ3v) is 6.61. The second-order valence-electron chi connectivity index (χ2n) is 7.60. The number of rotatable bonds is 5. The normalized spacial score (nSPS) is 16.2. The van der Waals surface area contributed by atoms with E-state index in [1.165, 1.54) is 29.5 Å².